The van der Waals surface area contributed by atoms with E-state index < -0.39 is 11.9 Å². The summed E-state index contributed by atoms with van der Waals surface area (Å²) in [4.78, 5) is 40.3. The summed E-state index contributed by atoms with van der Waals surface area (Å²) < 4.78 is 8.02. The Kier molecular flexibility index (Phi) is 6.05. The van der Waals surface area contributed by atoms with Gasteiger partial charge in [0.2, 0.25) is 5.91 Å². The van der Waals surface area contributed by atoms with Gasteiger partial charge in [-0.25, -0.2) is 0 Å². The number of esters is 1. The molecule has 1 heterocycles. The molecule has 0 unspecified atom stereocenters. The molecular formula is C19H16BrN3O4S. The molecule has 0 radical (unpaired) electrons. The Balaban J connectivity index is 2.11. The highest BCUT2D eigenvalue weighted by molar-refractivity contribution is 9.10. The molecule has 0 aliphatic heterocycles. The van der Waals surface area contributed by atoms with E-state index in [0.717, 1.165) is 9.17 Å². The van der Waals surface area contributed by atoms with E-state index in [1.54, 1.807) is 47.0 Å². The van der Waals surface area contributed by atoms with Gasteiger partial charge in [0.1, 0.15) is 6.54 Å². The average molecular weight is 462 g/mol. The number of carbonyl (C=O) groups excluding carboxylic acids is 3. The summed E-state index contributed by atoms with van der Waals surface area (Å²) >= 11 is 4.58. The Morgan fingerprint density at radius 3 is 2.54 bits per heavy atom. The summed E-state index contributed by atoms with van der Waals surface area (Å²) in [5.74, 6) is -1.06. The third-order valence-electron chi connectivity index (χ3n) is 3.81. The molecule has 7 nitrogen and oxygen atoms in total. The minimum Gasteiger partial charge on any atom is -0.468 e. The Hall–Kier alpha value is -2.78. The van der Waals surface area contributed by atoms with Crippen LogP contribution in [-0.4, -0.2) is 29.5 Å². The molecule has 2 aromatic carbocycles. The third kappa shape index (κ3) is 4.55. The van der Waals surface area contributed by atoms with Crippen LogP contribution in [0.3, 0.4) is 0 Å². The third-order valence-corrected chi connectivity index (χ3v) is 5.38. The van der Waals surface area contributed by atoms with Crippen molar-refractivity contribution in [2.45, 2.75) is 13.5 Å². The first-order valence-corrected chi connectivity index (χ1v) is 9.81. The molecule has 0 aliphatic carbocycles. The highest BCUT2D eigenvalue weighted by atomic mass is 79.9. The van der Waals surface area contributed by atoms with Crippen molar-refractivity contribution in [3.8, 4) is 0 Å². The van der Waals surface area contributed by atoms with Crippen LogP contribution in [0.15, 0.2) is 51.9 Å². The van der Waals surface area contributed by atoms with Crippen molar-refractivity contribution >= 4 is 61.0 Å². The molecule has 0 fully saturated rings. The first-order chi connectivity index (χ1) is 13.4. The summed E-state index contributed by atoms with van der Waals surface area (Å²) in [6.07, 6.45) is 0. The summed E-state index contributed by atoms with van der Waals surface area (Å²) in [6.45, 7) is 1.34. The van der Waals surface area contributed by atoms with Gasteiger partial charge in [0.05, 0.1) is 17.3 Å². The monoisotopic (exact) mass is 461 g/mol. The van der Waals surface area contributed by atoms with Crippen LogP contribution < -0.4 is 10.1 Å². The maximum absolute atomic E-state index is 12.6. The Labute approximate surface area is 172 Å². The van der Waals surface area contributed by atoms with Gasteiger partial charge >= 0.3 is 5.97 Å². The van der Waals surface area contributed by atoms with Gasteiger partial charge in [-0.2, -0.15) is 4.99 Å². The number of rotatable bonds is 4. The van der Waals surface area contributed by atoms with Crippen LogP contribution in [0.25, 0.3) is 10.2 Å². The van der Waals surface area contributed by atoms with Crippen LogP contribution >= 0.6 is 27.3 Å². The molecule has 3 aromatic rings. The lowest BCUT2D eigenvalue weighted by Crippen LogP contribution is -2.22. The molecule has 3 rings (SSSR count). The van der Waals surface area contributed by atoms with E-state index in [4.69, 9.17) is 4.74 Å². The number of fused-ring (bicyclic) bond motifs is 1. The Morgan fingerprint density at radius 1 is 1.18 bits per heavy atom. The minimum absolute atomic E-state index is 0.0809. The summed E-state index contributed by atoms with van der Waals surface area (Å²) in [6, 6.07) is 12.1. The topological polar surface area (TPSA) is 89.8 Å². The normalized spacial score (nSPS) is 11.5. The lowest BCUT2D eigenvalue weighted by atomic mass is 10.2. The number of aromatic nitrogens is 1. The maximum Gasteiger partial charge on any atom is 0.325 e. The van der Waals surface area contributed by atoms with Crippen LogP contribution in [0.4, 0.5) is 5.69 Å². The van der Waals surface area contributed by atoms with Crippen molar-refractivity contribution in [1.82, 2.24) is 4.57 Å². The molecular weight excluding hydrogens is 446 g/mol. The van der Waals surface area contributed by atoms with Crippen molar-refractivity contribution in [3.05, 3.63) is 57.3 Å². The molecule has 1 aromatic heterocycles. The van der Waals surface area contributed by atoms with E-state index in [0.29, 0.717) is 21.6 Å². The number of carbonyl (C=O) groups is 3. The predicted molar refractivity (Wildman–Crippen MR) is 110 cm³/mol. The lowest BCUT2D eigenvalue weighted by molar-refractivity contribution is -0.141. The number of nitrogens with zero attached hydrogens (tertiary/aromatic N) is 2. The van der Waals surface area contributed by atoms with Crippen LogP contribution in [0, 0.1) is 0 Å². The van der Waals surface area contributed by atoms with Crippen molar-refractivity contribution in [1.29, 1.82) is 0 Å². The molecule has 144 valence electrons. The molecule has 0 aliphatic rings. The second kappa shape index (κ2) is 8.49. The van der Waals surface area contributed by atoms with Gasteiger partial charge in [-0.1, -0.05) is 27.3 Å². The minimum atomic E-state index is -0.455. The quantitative estimate of drug-likeness (QED) is 0.603. The number of hydrogen-bond acceptors (Lipinski definition) is 5. The zero-order chi connectivity index (χ0) is 20.3. The van der Waals surface area contributed by atoms with Gasteiger partial charge < -0.3 is 14.6 Å². The number of halogens is 1. The smallest absolute Gasteiger partial charge is 0.325 e. The van der Waals surface area contributed by atoms with E-state index in [2.05, 4.69) is 26.2 Å². The lowest BCUT2D eigenvalue weighted by Gasteiger charge is -2.05. The fourth-order valence-corrected chi connectivity index (χ4v) is 3.86. The fourth-order valence-electron chi connectivity index (χ4n) is 2.53. The number of hydrogen-bond donors (Lipinski definition) is 1. The molecule has 2 amide bonds. The van der Waals surface area contributed by atoms with Crippen molar-refractivity contribution in [2.75, 3.05) is 12.4 Å². The predicted octanol–water partition coefficient (Wildman–Crippen LogP) is 3.34. The SMILES string of the molecule is COC(=O)Cn1c(=NC(=O)c2ccc(Br)cc2)sc2cc(NC(C)=O)ccc21. The molecule has 0 saturated carbocycles. The largest absolute Gasteiger partial charge is 0.468 e. The maximum atomic E-state index is 12.6. The number of nitrogens with one attached hydrogen (secondary N) is 1. The van der Waals surface area contributed by atoms with Crippen LogP contribution in [0.1, 0.15) is 17.3 Å². The summed E-state index contributed by atoms with van der Waals surface area (Å²) in [7, 11) is 1.30. The molecule has 0 atom stereocenters. The van der Waals surface area contributed by atoms with E-state index in [1.165, 1.54) is 25.4 Å². The van der Waals surface area contributed by atoms with Gasteiger partial charge in [0.25, 0.3) is 5.91 Å². The van der Waals surface area contributed by atoms with Crippen LogP contribution in [0.2, 0.25) is 0 Å². The number of anilines is 1. The van der Waals surface area contributed by atoms with E-state index in [-0.39, 0.29) is 12.5 Å². The Morgan fingerprint density at radius 2 is 1.89 bits per heavy atom. The molecule has 0 saturated heterocycles. The standard InChI is InChI=1S/C19H16BrN3O4S/c1-11(24)21-14-7-8-15-16(9-14)28-19(23(15)10-17(25)27-2)22-18(26)12-3-5-13(20)6-4-12/h3-9H,10H2,1-2H3,(H,21,24). The van der Waals surface area contributed by atoms with Gasteiger partial charge in [0.15, 0.2) is 4.80 Å². The fraction of sp³-hybridized carbons (Fsp3) is 0.158. The zero-order valence-corrected chi connectivity index (χ0v) is 17.5. The molecule has 28 heavy (non-hydrogen) atoms. The van der Waals surface area contributed by atoms with Gasteiger partial charge in [-0.05, 0) is 42.5 Å². The van der Waals surface area contributed by atoms with E-state index in [1.807, 2.05) is 0 Å². The van der Waals surface area contributed by atoms with Gasteiger partial charge in [-0.15, -0.1) is 0 Å². The summed E-state index contributed by atoms with van der Waals surface area (Å²) in [5, 5.41) is 2.71. The molecule has 9 heteroatoms. The first-order valence-electron chi connectivity index (χ1n) is 8.20. The second-order valence-corrected chi connectivity index (χ2v) is 7.76. The molecule has 0 spiro atoms. The van der Waals surface area contributed by atoms with Gasteiger partial charge in [0, 0.05) is 22.6 Å². The number of ether oxygens (including phenoxy) is 1. The number of thiazole rings is 1. The highest BCUT2D eigenvalue weighted by Gasteiger charge is 2.13. The number of benzene rings is 2. The average Bonchev–Trinajstić information content (AvgIpc) is 2.97. The van der Waals surface area contributed by atoms with Crippen molar-refractivity contribution < 1.29 is 19.1 Å². The molecule has 1 N–H and O–H groups in total. The van der Waals surface area contributed by atoms with Crippen molar-refractivity contribution in [3.63, 3.8) is 0 Å². The Bertz CT molecular complexity index is 1130. The van der Waals surface area contributed by atoms with E-state index in [9.17, 15) is 14.4 Å². The first kappa shape index (κ1) is 20.0. The zero-order valence-electron chi connectivity index (χ0n) is 15.1. The molecule has 0 bridgehead atoms. The number of amides is 2. The van der Waals surface area contributed by atoms with E-state index >= 15 is 0 Å². The van der Waals surface area contributed by atoms with Gasteiger partial charge in [-0.3, -0.25) is 14.4 Å². The van der Waals surface area contributed by atoms with Crippen molar-refractivity contribution in [2.24, 2.45) is 4.99 Å². The highest BCUT2D eigenvalue weighted by Crippen LogP contribution is 2.22. The summed E-state index contributed by atoms with van der Waals surface area (Å²) in [5.41, 5.74) is 1.77. The second-order valence-electron chi connectivity index (χ2n) is 5.83. The van der Waals surface area contributed by atoms with Crippen LogP contribution in [0.5, 0.6) is 0 Å². The number of methoxy groups -OCH3 is 1. The van der Waals surface area contributed by atoms with Crippen LogP contribution in [-0.2, 0) is 20.9 Å².